The van der Waals surface area contributed by atoms with E-state index in [1.54, 1.807) is 18.4 Å². The molecule has 1 amide bonds. The van der Waals surface area contributed by atoms with Gasteiger partial charge in [-0.05, 0) is 42.8 Å². The van der Waals surface area contributed by atoms with Crippen LogP contribution in [-0.2, 0) is 11.3 Å². The van der Waals surface area contributed by atoms with Gasteiger partial charge in [0.05, 0.1) is 6.26 Å². The quantitative estimate of drug-likeness (QED) is 0.788. The van der Waals surface area contributed by atoms with E-state index in [2.05, 4.69) is 21.2 Å². The third-order valence-electron chi connectivity index (χ3n) is 2.68. The van der Waals surface area contributed by atoms with Crippen LogP contribution in [-0.4, -0.2) is 19.1 Å². The Morgan fingerprint density at radius 3 is 2.75 bits per heavy atom. The first-order valence-corrected chi connectivity index (χ1v) is 7.19. The summed E-state index contributed by atoms with van der Waals surface area (Å²) in [4.78, 5) is 11.8. The number of halogens is 1. The number of nitrogens with one attached hydrogen (secondary N) is 1. The maximum atomic E-state index is 11.8. The first-order valence-electron chi connectivity index (χ1n) is 6.39. The molecule has 1 aromatic carbocycles. The summed E-state index contributed by atoms with van der Waals surface area (Å²) in [6.07, 6.45) is 2.39. The predicted molar refractivity (Wildman–Crippen MR) is 79.5 cm³/mol. The Kier molecular flexibility index (Phi) is 5.83. The number of carbonyl (C=O) groups is 1. The third-order valence-corrected chi connectivity index (χ3v) is 3.21. The van der Waals surface area contributed by atoms with Crippen molar-refractivity contribution in [1.82, 2.24) is 5.32 Å². The van der Waals surface area contributed by atoms with Crippen molar-refractivity contribution in [3.05, 3.63) is 58.5 Å². The lowest BCUT2D eigenvalue weighted by Gasteiger charge is -2.05. The highest BCUT2D eigenvalue weighted by molar-refractivity contribution is 9.10. The molecule has 0 saturated heterocycles. The van der Waals surface area contributed by atoms with E-state index < -0.39 is 0 Å². The molecule has 2 rings (SSSR count). The van der Waals surface area contributed by atoms with Gasteiger partial charge in [0.25, 0.3) is 5.91 Å². The van der Waals surface area contributed by atoms with Crippen molar-refractivity contribution in [1.29, 1.82) is 0 Å². The molecule has 106 valence electrons. The summed E-state index contributed by atoms with van der Waals surface area (Å²) in [7, 11) is 0. The smallest absolute Gasteiger partial charge is 0.251 e. The second-order valence-corrected chi connectivity index (χ2v) is 5.16. The Labute approximate surface area is 126 Å². The lowest BCUT2D eigenvalue weighted by atomic mass is 10.2. The zero-order chi connectivity index (χ0) is 14.2. The fraction of sp³-hybridized carbons (Fsp3) is 0.267. The number of rotatable bonds is 7. The fourth-order valence-corrected chi connectivity index (χ4v) is 1.91. The Morgan fingerprint density at radius 1 is 1.25 bits per heavy atom. The molecule has 0 aliphatic rings. The van der Waals surface area contributed by atoms with Crippen molar-refractivity contribution in [3.8, 4) is 0 Å². The summed E-state index contributed by atoms with van der Waals surface area (Å²) in [6, 6.07) is 11.0. The molecule has 0 unspecified atom stereocenters. The third kappa shape index (κ3) is 4.83. The highest BCUT2D eigenvalue weighted by Gasteiger charge is 2.03. The van der Waals surface area contributed by atoms with E-state index in [0.29, 0.717) is 25.3 Å². The molecule has 2 aromatic rings. The predicted octanol–water partition coefficient (Wildman–Crippen LogP) is 3.38. The van der Waals surface area contributed by atoms with Gasteiger partial charge in [-0.25, -0.2) is 0 Å². The number of ether oxygens (including phenoxy) is 1. The molecular weight excluding hydrogens is 322 g/mol. The minimum Gasteiger partial charge on any atom is -0.467 e. The topological polar surface area (TPSA) is 51.5 Å². The minimum absolute atomic E-state index is 0.0662. The van der Waals surface area contributed by atoms with Crippen LogP contribution in [0, 0.1) is 0 Å². The molecule has 4 nitrogen and oxygen atoms in total. The average molecular weight is 338 g/mol. The van der Waals surface area contributed by atoms with Crippen LogP contribution in [0.4, 0.5) is 0 Å². The Morgan fingerprint density at radius 2 is 2.05 bits per heavy atom. The maximum absolute atomic E-state index is 11.8. The van der Waals surface area contributed by atoms with E-state index >= 15 is 0 Å². The molecule has 0 spiro atoms. The monoisotopic (exact) mass is 337 g/mol. The molecule has 0 saturated carbocycles. The van der Waals surface area contributed by atoms with Gasteiger partial charge >= 0.3 is 0 Å². The molecule has 0 bridgehead atoms. The molecular formula is C15H16BrNO3. The number of hydrogen-bond acceptors (Lipinski definition) is 3. The standard InChI is InChI=1S/C15H16BrNO3/c16-13-6-4-12(5-7-13)15(18)17-8-2-9-19-11-14-3-1-10-20-14/h1,3-7,10H,2,8-9,11H2,(H,17,18). The number of carbonyl (C=O) groups excluding carboxylic acids is 1. The van der Waals surface area contributed by atoms with Crippen molar-refractivity contribution in [2.45, 2.75) is 13.0 Å². The molecule has 0 radical (unpaired) electrons. The Hall–Kier alpha value is -1.59. The second-order valence-electron chi connectivity index (χ2n) is 4.25. The summed E-state index contributed by atoms with van der Waals surface area (Å²) < 4.78 is 11.5. The summed E-state index contributed by atoms with van der Waals surface area (Å²) >= 11 is 3.34. The van der Waals surface area contributed by atoms with Crippen molar-refractivity contribution < 1.29 is 13.9 Å². The molecule has 0 fully saturated rings. The van der Waals surface area contributed by atoms with Crippen LogP contribution >= 0.6 is 15.9 Å². The molecule has 1 N–H and O–H groups in total. The highest BCUT2D eigenvalue weighted by Crippen LogP contribution is 2.10. The summed E-state index contributed by atoms with van der Waals surface area (Å²) in [5, 5.41) is 2.85. The lowest BCUT2D eigenvalue weighted by Crippen LogP contribution is -2.25. The zero-order valence-corrected chi connectivity index (χ0v) is 12.6. The van der Waals surface area contributed by atoms with Gasteiger partial charge in [-0.2, -0.15) is 0 Å². The van der Waals surface area contributed by atoms with E-state index in [1.165, 1.54) is 0 Å². The molecule has 5 heteroatoms. The summed E-state index contributed by atoms with van der Waals surface area (Å²) in [5.41, 5.74) is 0.657. The van der Waals surface area contributed by atoms with Crippen LogP contribution in [0.2, 0.25) is 0 Å². The minimum atomic E-state index is -0.0662. The fourth-order valence-electron chi connectivity index (χ4n) is 1.65. The van der Waals surface area contributed by atoms with Gasteiger partial charge in [-0.1, -0.05) is 15.9 Å². The van der Waals surface area contributed by atoms with E-state index in [-0.39, 0.29) is 5.91 Å². The van der Waals surface area contributed by atoms with Crippen LogP contribution in [0.1, 0.15) is 22.5 Å². The largest absolute Gasteiger partial charge is 0.467 e. The summed E-state index contributed by atoms with van der Waals surface area (Å²) in [6.45, 7) is 1.64. The van der Waals surface area contributed by atoms with Crippen LogP contribution in [0.5, 0.6) is 0 Å². The summed E-state index contributed by atoms with van der Waals surface area (Å²) in [5.74, 6) is 0.743. The van der Waals surface area contributed by atoms with Crippen molar-refractivity contribution >= 4 is 21.8 Å². The van der Waals surface area contributed by atoms with Gasteiger partial charge in [-0.15, -0.1) is 0 Å². The van der Waals surface area contributed by atoms with Crippen molar-refractivity contribution in [2.75, 3.05) is 13.2 Å². The average Bonchev–Trinajstić information content (AvgIpc) is 2.96. The highest BCUT2D eigenvalue weighted by atomic mass is 79.9. The lowest BCUT2D eigenvalue weighted by molar-refractivity contribution is 0.0917. The van der Waals surface area contributed by atoms with Crippen LogP contribution < -0.4 is 5.32 Å². The van der Waals surface area contributed by atoms with Gasteiger partial charge < -0.3 is 14.5 Å². The van der Waals surface area contributed by atoms with Gasteiger partial charge in [0.15, 0.2) is 0 Å². The first-order chi connectivity index (χ1) is 9.75. The van der Waals surface area contributed by atoms with E-state index in [0.717, 1.165) is 16.7 Å². The molecule has 1 heterocycles. The van der Waals surface area contributed by atoms with Gasteiger partial charge in [0.1, 0.15) is 12.4 Å². The van der Waals surface area contributed by atoms with Crippen LogP contribution in [0.25, 0.3) is 0 Å². The van der Waals surface area contributed by atoms with E-state index in [1.807, 2.05) is 24.3 Å². The Bertz CT molecular complexity index is 523. The molecule has 20 heavy (non-hydrogen) atoms. The van der Waals surface area contributed by atoms with Crippen LogP contribution in [0.15, 0.2) is 51.6 Å². The van der Waals surface area contributed by atoms with E-state index in [4.69, 9.17) is 9.15 Å². The molecule has 1 aromatic heterocycles. The van der Waals surface area contributed by atoms with Crippen LogP contribution in [0.3, 0.4) is 0 Å². The van der Waals surface area contributed by atoms with Crippen molar-refractivity contribution in [3.63, 3.8) is 0 Å². The number of furan rings is 1. The zero-order valence-electron chi connectivity index (χ0n) is 11.0. The molecule has 0 aliphatic heterocycles. The molecule has 0 aliphatic carbocycles. The Balaban J connectivity index is 1.58. The normalized spacial score (nSPS) is 10.4. The number of hydrogen-bond donors (Lipinski definition) is 1. The van der Waals surface area contributed by atoms with Crippen molar-refractivity contribution in [2.24, 2.45) is 0 Å². The number of amides is 1. The van der Waals surface area contributed by atoms with Gasteiger partial charge in [0.2, 0.25) is 0 Å². The van der Waals surface area contributed by atoms with Gasteiger partial charge in [-0.3, -0.25) is 4.79 Å². The van der Waals surface area contributed by atoms with Gasteiger partial charge in [0, 0.05) is 23.2 Å². The SMILES string of the molecule is O=C(NCCCOCc1ccco1)c1ccc(Br)cc1. The van der Waals surface area contributed by atoms with E-state index in [9.17, 15) is 4.79 Å². The molecule has 0 atom stereocenters. The first kappa shape index (κ1) is 14.8. The second kappa shape index (κ2) is 7.87. The number of benzene rings is 1. The maximum Gasteiger partial charge on any atom is 0.251 e.